The number of aryl methyl sites for hydroxylation is 1. The summed E-state index contributed by atoms with van der Waals surface area (Å²) in [6.45, 7) is 1.98. The van der Waals surface area contributed by atoms with Crippen molar-refractivity contribution in [2.24, 2.45) is 0 Å². The van der Waals surface area contributed by atoms with Gasteiger partial charge in [-0.2, -0.15) is 5.10 Å². The van der Waals surface area contributed by atoms with E-state index in [1.54, 1.807) is 6.07 Å². The molecule has 0 aliphatic rings. The number of nitrogens with zero attached hydrogens (tertiary/aromatic N) is 2. The molecule has 0 saturated heterocycles. The molecule has 0 amide bonds. The molecule has 0 unspecified atom stereocenters. The monoisotopic (exact) mass is 403 g/mol. The van der Waals surface area contributed by atoms with Crippen LogP contribution in [0.2, 0.25) is 5.02 Å². The summed E-state index contributed by atoms with van der Waals surface area (Å²) < 4.78 is 13.5. The molecule has 0 spiro atoms. The molecule has 1 radical (unpaired) electrons. The first-order valence-corrected chi connectivity index (χ1v) is 8.12. The fraction of sp³-hybridized carbons (Fsp3) is 0.0526. The van der Waals surface area contributed by atoms with Crippen molar-refractivity contribution in [1.82, 2.24) is 15.2 Å². The standard InChI is InChI=1S/C19H14ClFN4.V/c1-11-8-17(13-4-2-3-5-15(13)20)22-18(9-11)23-19-14-10-12(21)6-7-16(14)24-25-19;/h2-10H,1H3,(H2,22,23,24,25);. The van der Waals surface area contributed by atoms with Crippen molar-refractivity contribution in [3.63, 3.8) is 0 Å². The van der Waals surface area contributed by atoms with Crippen LogP contribution in [0.15, 0.2) is 54.6 Å². The zero-order valence-corrected chi connectivity index (χ0v) is 15.9. The van der Waals surface area contributed by atoms with E-state index in [0.717, 1.165) is 22.3 Å². The number of halogens is 2. The molecule has 4 nitrogen and oxygen atoms in total. The smallest absolute Gasteiger partial charge is 0.161 e. The molecule has 26 heavy (non-hydrogen) atoms. The Bertz CT molecular complexity index is 1080. The third-order valence-electron chi connectivity index (χ3n) is 3.89. The third kappa shape index (κ3) is 3.60. The number of pyridine rings is 1. The predicted molar refractivity (Wildman–Crippen MR) is 98.8 cm³/mol. The molecule has 7 heteroatoms. The molecule has 0 saturated carbocycles. The molecule has 2 aromatic carbocycles. The molecule has 4 aromatic rings. The summed E-state index contributed by atoms with van der Waals surface area (Å²) in [5, 5.41) is 11.6. The summed E-state index contributed by atoms with van der Waals surface area (Å²) in [5.41, 5.74) is 3.40. The van der Waals surface area contributed by atoms with Crippen molar-refractivity contribution < 1.29 is 22.9 Å². The van der Waals surface area contributed by atoms with E-state index in [2.05, 4.69) is 20.5 Å². The average molecular weight is 404 g/mol. The van der Waals surface area contributed by atoms with E-state index in [4.69, 9.17) is 11.6 Å². The van der Waals surface area contributed by atoms with Crippen LogP contribution < -0.4 is 5.32 Å². The fourth-order valence-electron chi connectivity index (χ4n) is 2.74. The summed E-state index contributed by atoms with van der Waals surface area (Å²) >= 11 is 6.28. The number of fused-ring (bicyclic) bond motifs is 1. The largest absolute Gasteiger partial charge is 0.323 e. The third-order valence-corrected chi connectivity index (χ3v) is 4.22. The number of aromatic amines is 1. The number of rotatable bonds is 3. The molecular weight excluding hydrogens is 390 g/mol. The second-order valence-corrected chi connectivity index (χ2v) is 6.19. The van der Waals surface area contributed by atoms with Crippen LogP contribution in [0.4, 0.5) is 16.0 Å². The minimum Gasteiger partial charge on any atom is -0.323 e. The molecule has 4 rings (SSSR count). The van der Waals surface area contributed by atoms with Crippen molar-refractivity contribution in [2.75, 3.05) is 5.32 Å². The van der Waals surface area contributed by atoms with Gasteiger partial charge in [0.2, 0.25) is 0 Å². The predicted octanol–water partition coefficient (Wildman–Crippen LogP) is 5.47. The molecule has 0 bridgehead atoms. The number of hydrogen-bond acceptors (Lipinski definition) is 3. The van der Waals surface area contributed by atoms with Crippen molar-refractivity contribution >= 4 is 34.1 Å². The zero-order chi connectivity index (χ0) is 17.4. The summed E-state index contributed by atoms with van der Waals surface area (Å²) in [7, 11) is 0. The summed E-state index contributed by atoms with van der Waals surface area (Å²) in [5.74, 6) is 0.830. The summed E-state index contributed by atoms with van der Waals surface area (Å²) in [6, 6.07) is 15.9. The fourth-order valence-corrected chi connectivity index (χ4v) is 2.97. The van der Waals surface area contributed by atoms with E-state index in [1.807, 2.05) is 43.3 Å². The SMILES string of the molecule is Cc1cc(Nc2n[nH]c3ccc(F)cc23)nc(-c2ccccc2Cl)c1.[V]. The Labute approximate surface area is 166 Å². The molecule has 0 fully saturated rings. The van der Waals surface area contributed by atoms with Crippen molar-refractivity contribution in [1.29, 1.82) is 0 Å². The molecule has 0 aliphatic heterocycles. The number of anilines is 2. The molecule has 2 N–H and O–H groups in total. The Morgan fingerprint density at radius 1 is 1.08 bits per heavy atom. The van der Waals surface area contributed by atoms with Gasteiger partial charge in [-0.1, -0.05) is 29.8 Å². The Kier molecular flexibility index (Phi) is 5.32. The van der Waals surface area contributed by atoms with Gasteiger partial charge in [0.05, 0.1) is 11.2 Å². The van der Waals surface area contributed by atoms with Crippen LogP contribution in [0.1, 0.15) is 5.56 Å². The van der Waals surface area contributed by atoms with Crippen LogP contribution >= 0.6 is 11.6 Å². The van der Waals surface area contributed by atoms with Gasteiger partial charge in [0, 0.05) is 34.5 Å². The van der Waals surface area contributed by atoms with Crippen molar-refractivity contribution in [3.8, 4) is 11.3 Å². The number of nitrogens with one attached hydrogen (secondary N) is 2. The van der Waals surface area contributed by atoms with Gasteiger partial charge >= 0.3 is 0 Å². The number of benzene rings is 2. The van der Waals surface area contributed by atoms with Crippen LogP contribution in [0.3, 0.4) is 0 Å². The minimum atomic E-state index is -0.314. The van der Waals surface area contributed by atoms with E-state index < -0.39 is 0 Å². The number of hydrogen-bond donors (Lipinski definition) is 2. The number of H-pyrrole nitrogens is 1. The summed E-state index contributed by atoms with van der Waals surface area (Å²) in [6.07, 6.45) is 0. The average Bonchev–Trinajstić information content (AvgIpc) is 2.97. The van der Waals surface area contributed by atoms with E-state index in [-0.39, 0.29) is 24.4 Å². The first-order valence-electron chi connectivity index (χ1n) is 7.74. The Morgan fingerprint density at radius 3 is 2.69 bits per heavy atom. The molecule has 2 heterocycles. The Morgan fingerprint density at radius 2 is 1.88 bits per heavy atom. The van der Waals surface area contributed by atoms with Gasteiger partial charge < -0.3 is 5.32 Å². The topological polar surface area (TPSA) is 53.6 Å². The van der Waals surface area contributed by atoms with E-state index in [9.17, 15) is 4.39 Å². The molecular formula is C19H14ClFN4V. The quantitative estimate of drug-likeness (QED) is 0.477. The van der Waals surface area contributed by atoms with Crippen LogP contribution in [0, 0.1) is 12.7 Å². The molecule has 0 atom stereocenters. The van der Waals surface area contributed by atoms with E-state index in [0.29, 0.717) is 22.0 Å². The number of aromatic nitrogens is 3. The van der Waals surface area contributed by atoms with Crippen LogP contribution in [-0.4, -0.2) is 15.2 Å². The molecule has 2 aromatic heterocycles. The molecule has 129 valence electrons. The van der Waals surface area contributed by atoms with E-state index >= 15 is 0 Å². The zero-order valence-electron chi connectivity index (χ0n) is 13.8. The first-order chi connectivity index (χ1) is 12.1. The second kappa shape index (κ2) is 7.50. The van der Waals surface area contributed by atoms with Gasteiger partial charge in [-0.3, -0.25) is 5.10 Å². The molecule has 0 aliphatic carbocycles. The van der Waals surface area contributed by atoms with Gasteiger partial charge in [0.25, 0.3) is 0 Å². The van der Waals surface area contributed by atoms with Crippen molar-refractivity contribution in [2.45, 2.75) is 6.92 Å². The minimum absolute atomic E-state index is 0. The normalized spacial score (nSPS) is 10.6. The van der Waals surface area contributed by atoms with Crippen LogP contribution in [0.5, 0.6) is 0 Å². The van der Waals surface area contributed by atoms with Gasteiger partial charge in [-0.15, -0.1) is 0 Å². The van der Waals surface area contributed by atoms with Crippen LogP contribution in [-0.2, 0) is 18.6 Å². The van der Waals surface area contributed by atoms with Gasteiger partial charge in [0.1, 0.15) is 11.6 Å². The van der Waals surface area contributed by atoms with Crippen LogP contribution in [0.25, 0.3) is 22.2 Å². The Balaban J connectivity index is 0.00000196. The Hall–Kier alpha value is -2.34. The maximum atomic E-state index is 13.5. The maximum Gasteiger partial charge on any atom is 0.161 e. The van der Waals surface area contributed by atoms with Gasteiger partial charge in [-0.25, -0.2) is 9.37 Å². The van der Waals surface area contributed by atoms with Gasteiger partial charge in [-0.05, 0) is 48.9 Å². The van der Waals surface area contributed by atoms with Crippen molar-refractivity contribution in [3.05, 3.63) is 71.0 Å². The van der Waals surface area contributed by atoms with Gasteiger partial charge in [0.15, 0.2) is 5.82 Å². The first kappa shape index (κ1) is 18.5. The second-order valence-electron chi connectivity index (χ2n) is 5.78. The maximum absolute atomic E-state index is 13.5. The van der Waals surface area contributed by atoms with E-state index in [1.165, 1.54) is 12.1 Å². The summed E-state index contributed by atoms with van der Waals surface area (Å²) in [4.78, 5) is 4.63.